The van der Waals surface area contributed by atoms with Crippen LogP contribution in [0.2, 0.25) is 5.28 Å². The summed E-state index contributed by atoms with van der Waals surface area (Å²) in [7, 11) is 0. The largest absolute Gasteiger partial charge is 0.454 e. The minimum Gasteiger partial charge on any atom is -0.454 e. The predicted molar refractivity (Wildman–Crippen MR) is 93.9 cm³/mol. The summed E-state index contributed by atoms with van der Waals surface area (Å²) in [5, 5.41) is 4.29. The van der Waals surface area contributed by atoms with Gasteiger partial charge in [0.15, 0.2) is 16.6 Å². The van der Waals surface area contributed by atoms with Gasteiger partial charge in [-0.05, 0) is 42.8 Å². The van der Waals surface area contributed by atoms with Gasteiger partial charge in [0.25, 0.3) is 0 Å². The lowest BCUT2D eigenvalue weighted by Crippen LogP contribution is -1.95. The number of nitrogens with zero attached hydrogens (tertiary/aromatic N) is 3. The molecule has 0 bridgehead atoms. The fourth-order valence-electron chi connectivity index (χ4n) is 2.42. The van der Waals surface area contributed by atoms with E-state index in [2.05, 4.69) is 15.3 Å². The van der Waals surface area contributed by atoms with Gasteiger partial charge in [-0.2, -0.15) is 0 Å². The van der Waals surface area contributed by atoms with Crippen LogP contribution in [0.15, 0.2) is 30.5 Å². The zero-order valence-corrected chi connectivity index (χ0v) is 14.3. The van der Waals surface area contributed by atoms with Crippen molar-refractivity contribution >= 4 is 28.1 Å². The number of fused-ring (bicyclic) bond motifs is 1. The Balaban J connectivity index is 1.84. The third kappa shape index (κ3) is 2.76. The fourth-order valence-corrected chi connectivity index (χ4v) is 3.59. The number of hydrogen-bond donors (Lipinski definition) is 1. The molecule has 0 fully saturated rings. The highest BCUT2D eigenvalue weighted by atomic mass is 35.5. The van der Waals surface area contributed by atoms with Gasteiger partial charge in [0.05, 0.1) is 16.3 Å². The number of aromatic nitrogens is 3. The average molecular weight is 361 g/mol. The van der Waals surface area contributed by atoms with Crippen LogP contribution in [0.25, 0.3) is 21.8 Å². The van der Waals surface area contributed by atoms with Crippen LogP contribution < -0.4 is 14.8 Å². The predicted octanol–water partition coefficient (Wildman–Crippen LogP) is 4.08. The first-order valence-corrected chi connectivity index (χ1v) is 8.57. The Kier molecular flexibility index (Phi) is 3.95. The summed E-state index contributed by atoms with van der Waals surface area (Å²) in [6.45, 7) is 3.06. The molecule has 6 nitrogen and oxygen atoms in total. The normalized spacial score (nSPS) is 12.4. The zero-order chi connectivity index (χ0) is 16.5. The number of hydrogen-bond acceptors (Lipinski definition) is 7. The lowest BCUT2D eigenvalue weighted by atomic mass is 10.1. The third-order valence-corrected chi connectivity index (χ3v) is 4.68. The maximum absolute atomic E-state index is 5.95. The van der Waals surface area contributed by atoms with Crippen LogP contribution in [0.1, 0.15) is 6.92 Å². The van der Waals surface area contributed by atoms with E-state index >= 15 is 0 Å². The zero-order valence-electron chi connectivity index (χ0n) is 12.7. The van der Waals surface area contributed by atoms with Crippen molar-refractivity contribution in [2.75, 3.05) is 18.7 Å². The molecule has 1 N–H and O–H groups in total. The fraction of sp³-hybridized carbons (Fsp3) is 0.188. The molecule has 3 heterocycles. The van der Waals surface area contributed by atoms with Crippen molar-refractivity contribution in [3.8, 4) is 33.3 Å². The van der Waals surface area contributed by atoms with Gasteiger partial charge < -0.3 is 14.8 Å². The molecule has 3 aromatic rings. The molecule has 122 valence electrons. The molecule has 8 heteroatoms. The highest BCUT2D eigenvalue weighted by Crippen LogP contribution is 2.42. The molecule has 0 aliphatic carbocycles. The van der Waals surface area contributed by atoms with E-state index in [1.165, 1.54) is 11.3 Å². The quantitative estimate of drug-likeness (QED) is 0.707. The Bertz CT molecular complexity index is 900. The van der Waals surface area contributed by atoms with Gasteiger partial charge in [-0.1, -0.05) is 11.3 Å². The van der Waals surface area contributed by atoms with E-state index in [0.717, 1.165) is 45.0 Å². The Hall–Kier alpha value is -2.38. The van der Waals surface area contributed by atoms with Gasteiger partial charge in [-0.3, -0.25) is 0 Å². The first-order valence-electron chi connectivity index (χ1n) is 7.38. The Labute approximate surface area is 147 Å². The van der Waals surface area contributed by atoms with Crippen LogP contribution in [-0.4, -0.2) is 28.3 Å². The number of ether oxygens (including phenoxy) is 2. The maximum Gasteiger partial charge on any atom is 0.231 e. The molecule has 0 spiro atoms. The Morgan fingerprint density at radius 3 is 2.92 bits per heavy atom. The summed E-state index contributed by atoms with van der Waals surface area (Å²) in [6.07, 6.45) is 1.64. The van der Waals surface area contributed by atoms with Crippen molar-refractivity contribution < 1.29 is 9.47 Å². The molecular weight excluding hydrogens is 348 g/mol. The van der Waals surface area contributed by atoms with E-state index in [4.69, 9.17) is 26.1 Å². The molecule has 24 heavy (non-hydrogen) atoms. The summed E-state index contributed by atoms with van der Waals surface area (Å²) >= 11 is 7.48. The standard InChI is InChI=1S/C16H13ClN4O2S/c1-2-18-16-21-13(9-3-4-11-12(7-9)23-8-22-11)14(24-16)10-5-6-19-15(17)20-10/h3-7H,2,8H2,1H3,(H,18,21). The number of benzene rings is 1. The van der Waals surface area contributed by atoms with Crippen molar-refractivity contribution in [2.45, 2.75) is 6.92 Å². The van der Waals surface area contributed by atoms with Crippen LogP contribution in [-0.2, 0) is 0 Å². The van der Waals surface area contributed by atoms with Gasteiger partial charge in [-0.25, -0.2) is 15.0 Å². The van der Waals surface area contributed by atoms with Crippen LogP contribution in [0.5, 0.6) is 11.5 Å². The second-order valence-electron chi connectivity index (χ2n) is 5.01. The van der Waals surface area contributed by atoms with Gasteiger partial charge in [0.2, 0.25) is 12.1 Å². The van der Waals surface area contributed by atoms with E-state index in [1.807, 2.05) is 31.2 Å². The first-order chi connectivity index (χ1) is 11.7. The maximum atomic E-state index is 5.95. The minimum absolute atomic E-state index is 0.211. The molecule has 1 aliphatic heterocycles. The Morgan fingerprint density at radius 2 is 2.08 bits per heavy atom. The monoisotopic (exact) mass is 360 g/mol. The van der Waals surface area contributed by atoms with Crippen molar-refractivity contribution in [3.05, 3.63) is 35.7 Å². The van der Waals surface area contributed by atoms with Crippen molar-refractivity contribution in [1.82, 2.24) is 15.0 Å². The van der Waals surface area contributed by atoms with E-state index in [-0.39, 0.29) is 12.1 Å². The number of halogens is 1. The SMILES string of the molecule is CCNc1nc(-c2ccc3c(c2)OCO3)c(-c2ccnc(Cl)n2)s1. The molecule has 2 aromatic heterocycles. The minimum atomic E-state index is 0.211. The topological polar surface area (TPSA) is 69.2 Å². The molecule has 4 rings (SSSR count). The molecule has 0 amide bonds. The summed E-state index contributed by atoms with van der Waals surface area (Å²) < 4.78 is 10.8. The van der Waals surface area contributed by atoms with E-state index < -0.39 is 0 Å². The Morgan fingerprint density at radius 1 is 1.21 bits per heavy atom. The molecule has 0 saturated heterocycles. The summed E-state index contributed by atoms with van der Waals surface area (Å²) in [5.41, 5.74) is 2.50. The molecule has 0 unspecified atom stereocenters. The molecule has 0 radical (unpaired) electrons. The van der Waals surface area contributed by atoms with Crippen molar-refractivity contribution in [3.63, 3.8) is 0 Å². The summed E-state index contributed by atoms with van der Waals surface area (Å²) in [5.74, 6) is 1.46. The van der Waals surface area contributed by atoms with Crippen LogP contribution in [0.3, 0.4) is 0 Å². The summed E-state index contributed by atoms with van der Waals surface area (Å²) in [6, 6.07) is 7.61. The van der Waals surface area contributed by atoms with Crippen molar-refractivity contribution in [1.29, 1.82) is 0 Å². The second kappa shape index (κ2) is 6.26. The van der Waals surface area contributed by atoms with Crippen LogP contribution in [0, 0.1) is 0 Å². The van der Waals surface area contributed by atoms with Crippen molar-refractivity contribution in [2.24, 2.45) is 0 Å². The van der Waals surface area contributed by atoms with Gasteiger partial charge in [0, 0.05) is 18.3 Å². The highest BCUT2D eigenvalue weighted by Gasteiger charge is 2.20. The molecule has 1 aromatic carbocycles. The molecule has 1 aliphatic rings. The third-order valence-electron chi connectivity index (χ3n) is 3.46. The number of nitrogens with one attached hydrogen (secondary N) is 1. The second-order valence-corrected chi connectivity index (χ2v) is 6.34. The number of thiazole rings is 1. The first kappa shape index (κ1) is 15.2. The lowest BCUT2D eigenvalue weighted by Gasteiger charge is -2.03. The molecular formula is C16H13ClN4O2S. The van der Waals surface area contributed by atoms with Gasteiger partial charge in [-0.15, -0.1) is 0 Å². The lowest BCUT2D eigenvalue weighted by molar-refractivity contribution is 0.174. The molecule has 0 atom stereocenters. The van der Waals surface area contributed by atoms with Crippen LogP contribution >= 0.6 is 22.9 Å². The smallest absolute Gasteiger partial charge is 0.231 e. The molecule has 0 saturated carbocycles. The average Bonchev–Trinajstić information content (AvgIpc) is 3.21. The van der Waals surface area contributed by atoms with E-state index in [1.54, 1.807) is 6.20 Å². The van der Waals surface area contributed by atoms with Gasteiger partial charge in [0.1, 0.15) is 0 Å². The highest BCUT2D eigenvalue weighted by molar-refractivity contribution is 7.19. The van der Waals surface area contributed by atoms with E-state index in [0.29, 0.717) is 0 Å². The number of rotatable bonds is 4. The van der Waals surface area contributed by atoms with Gasteiger partial charge >= 0.3 is 0 Å². The summed E-state index contributed by atoms with van der Waals surface area (Å²) in [4.78, 5) is 13.9. The number of anilines is 1. The van der Waals surface area contributed by atoms with Crippen LogP contribution in [0.4, 0.5) is 5.13 Å². The van der Waals surface area contributed by atoms with E-state index in [9.17, 15) is 0 Å².